The largest absolute Gasteiger partial charge is 0.444 e. The smallest absolute Gasteiger partial charge is 0.412 e. The molecule has 0 unspecified atom stereocenters. The van der Waals surface area contributed by atoms with Crippen LogP contribution in [0.3, 0.4) is 0 Å². The standard InChI is InChI=1S/C12H15ClINO3/c1-12(2,3)18-11(17)15-10-4-7(6-16)9(14)5-8(10)13/h4-5,16H,6H2,1-3H3,(H,15,17). The van der Waals surface area contributed by atoms with Crippen LogP contribution in [0.1, 0.15) is 26.3 Å². The second-order valence-corrected chi connectivity index (χ2v) is 6.28. The minimum Gasteiger partial charge on any atom is -0.444 e. The number of hydrogen-bond donors (Lipinski definition) is 2. The molecule has 0 fully saturated rings. The van der Waals surface area contributed by atoms with Crippen LogP contribution in [0.5, 0.6) is 0 Å². The number of ether oxygens (including phenoxy) is 1. The fourth-order valence-electron chi connectivity index (χ4n) is 1.22. The summed E-state index contributed by atoms with van der Waals surface area (Å²) in [4.78, 5) is 11.6. The molecule has 0 heterocycles. The Bertz CT molecular complexity index is 457. The number of carbonyl (C=O) groups is 1. The third-order valence-electron chi connectivity index (χ3n) is 1.94. The van der Waals surface area contributed by atoms with Crippen molar-refractivity contribution in [1.29, 1.82) is 0 Å². The molecule has 2 N–H and O–H groups in total. The van der Waals surface area contributed by atoms with Crippen molar-refractivity contribution >= 4 is 46.0 Å². The van der Waals surface area contributed by atoms with Gasteiger partial charge in [-0.25, -0.2) is 4.79 Å². The van der Waals surface area contributed by atoms with E-state index in [1.54, 1.807) is 32.9 Å². The summed E-state index contributed by atoms with van der Waals surface area (Å²) in [7, 11) is 0. The zero-order valence-corrected chi connectivity index (χ0v) is 13.3. The van der Waals surface area contributed by atoms with Gasteiger partial charge >= 0.3 is 6.09 Å². The number of aliphatic hydroxyl groups excluding tert-OH is 1. The molecule has 0 atom stereocenters. The number of carbonyl (C=O) groups excluding carboxylic acids is 1. The molecule has 1 rings (SSSR count). The van der Waals surface area contributed by atoms with Gasteiger partial charge in [-0.3, -0.25) is 5.32 Å². The van der Waals surface area contributed by atoms with E-state index in [9.17, 15) is 4.79 Å². The number of benzene rings is 1. The lowest BCUT2D eigenvalue weighted by Crippen LogP contribution is -2.27. The van der Waals surface area contributed by atoms with E-state index >= 15 is 0 Å². The molecule has 0 saturated heterocycles. The van der Waals surface area contributed by atoms with E-state index in [-0.39, 0.29) is 6.61 Å². The second kappa shape index (κ2) is 6.08. The molecule has 18 heavy (non-hydrogen) atoms. The number of rotatable bonds is 2. The van der Waals surface area contributed by atoms with Crippen molar-refractivity contribution in [3.8, 4) is 0 Å². The SMILES string of the molecule is CC(C)(C)OC(=O)Nc1cc(CO)c(I)cc1Cl. The first kappa shape index (κ1) is 15.5. The number of amides is 1. The van der Waals surface area contributed by atoms with Crippen LogP contribution in [0.25, 0.3) is 0 Å². The van der Waals surface area contributed by atoms with E-state index in [0.717, 1.165) is 3.57 Å². The lowest BCUT2D eigenvalue weighted by atomic mass is 10.2. The van der Waals surface area contributed by atoms with Gasteiger partial charge in [-0.05, 0) is 61.1 Å². The number of hydrogen-bond acceptors (Lipinski definition) is 3. The molecule has 0 saturated carbocycles. The molecule has 1 amide bonds. The Kier molecular flexibility index (Phi) is 5.24. The van der Waals surface area contributed by atoms with E-state index in [1.807, 2.05) is 0 Å². The highest BCUT2D eigenvalue weighted by molar-refractivity contribution is 14.1. The molecule has 0 bridgehead atoms. The average Bonchev–Trinajstić information content (AvgIpc) is 2.19. The first-order chi connectivity index (χ1) is 8.23. The first-order valence-electron chi connectivity index (χ1n) is 5.31. The Labute approximate surface area is 125 Å². The summed E-state index contributed by atoms with van der Waals surface area (Å²) in [6.07, 6.45) is -0.575. The molecule has 0 radical (unpaired) electrons. The Morgan fingerprint density at radius 3 is 2.61 bits per heavy atom. The van der Waals surface area contributed by atoms with Crippen molar-refractivity contribution in [2.24, 2.45) is 0 Å². The molecule has 1 aromatic rings. The quantitative estimate of drug-likeness (QED) is 0.764. The molecule has 1 aromatic carbocycles. The Morgan fingerprint density at radius 2 is 2.11 bits per heavy atom. The van der Waals surface area contributed by atoms with Crippen molar-refractivity contribution in [2.75, 3.05) is 5.32 Å². The number of halogens is 2. The van der Waals surface area contributed by atoms with Crippen LogP contribution in [0, 0.1) is 3.57 Å². The maximum atomic E-state index is 11.6. The van der Waals surface area contributed by atoms with Crippen molar-refractivity contribution in [3.05, 3.63) is 26.3 Å². The van der Waals surface area contributed by atoms with E-state index in [0.29, 0.717) is 16.3 Å². The van der Waals surface area contributed by atoms with Crippen molar-refractivity contribution in [3.63, 3.8) is 0 Å². The third kappa shape index (κ3) is 4.62. The number of nitrogens with one attached hydrogen (secondary N) is 1. The van der Waals surface area contributed by atoms with E-state index in [2.05, 4.69) is 27.9 Å². The van der Waals surface area contributed by atoms with Crippen molar-refractivity contribution in [1.82, 2.24) is 0 Å². The maximum absolute atomic E-state index is 11.6. The topological polar surface area (TPSA) is 58.6 Å². The van der Waals surface area contributed by atoms with Crippen molar-refractivity contribution in [2.45, 2.75) is 33.0 Å². The van der Waals surface area contributed by atoms with Gasteiger partial charge in [-0.15, -0.1) is 0 Å². The third-order valence-corrected chi connectivity index (χ3v) is 3.26. The van der Waals surface area contributed by atoms with Gasteiger partial charge in [0.1, 0.15) is 5.60 Å². The maximum Gasteiger partial charge on any atom is 0.412 e. The lowest BCUT2D eigenvalue weighted by Gasteiger charge is -2.20. The molecule has 0 aliphatic carbocycles. The predicted octanol–water partition coefficient (Wildman–Crippen LogP) is 3.78. The van der Waals surface area contributed by atoms with Crippen LogP contribution in [-0.4, -0.2) is 16.8 Å². The van der Waals surface area contributed by atoms with Gasteiger partial charge in [-0.1, -0.05) is 11.6 Å². The van der Waals surface area contributed by atoms with Gasteiger partial charge in [0.05, 0.1) is 17.3 Å². The van der Waals surface area contributed by atoms with Gasteiger partial charge < -0.3 is 9.84 Å². The molecule has 100 valence electrons. The molecule has 6 heteroatoms. The lowest BCUT2D eigenvalue weighted by molar-refractivity contribution is 0.0636. The molecule has 0 spiro atoms. The van der Waals surface area contributed by atoms with Crippen molar-refractivity contribution < 1.29 is 14.6 Å². The number of anilines is 1. The first-order valence-corrected chi connectivity index (χ1v) is 6.77. The highest BCUT2D eigenvalue weighted by Crippen LogP contribution is 2.27. The predicted molar refractivity (Wildman–Crippen MR) is 79.9 cm³/mol. The Hall–Kier alpha value is -0.530. The van der Waals surface area contributed by atoms with E-state index in [1.165, 1.54) is 0 Å². The van der Waals surface area contributed by atoms with Crippen LogP contribution >= 0.6 is 34.2 Å². The summed E-state index contributed by atoms with van der Waals surface area (Å²) in [5.74, 6) is 0. The van der Waals surface area contributed by atoms with E-state index in [4.69, 9.17) is 21.4 Å². The molecule has 0 aromatic heterocycles. The second-order valence-electron chi connectivity index (χ2n) is 4.71. The normalized spacial score (nSPS) is 11.2. The minimum atomic E-state index is -0.575. The minimum absolute atomic E-state index is 0.113. The fourth-order valence-corrected chi connectivity index (χ4v) is 2.26. The zero-order valence-electron chi connectivity index (χ0n) is 10.4. The Balaban J connectivity index is 2.88. The van der Waals surface area contributed by atoms with E-state index < -0.39 is 11.7 Å². The summed E-state index contributed by atoms with van der Waals surface area (Å²) < 4.78 is 5.97. The highest BCUT2D eigenvalue weighted by Gasteiger charge is 2.17. The summed E-state index contributed by atoms with van der Waals surface area (Å²) in [5, 5.41) is 12.1. The molecular formula is C12H15ClINO3. The van der Waals surface area contributed by atoms with Crippen LogP contribution in [0.4, 0.5) is 10.5 Å². The average molecular weight is 384 g/mol. The monoisotopic (exact) mass is 383 g/mol. The van der Waals surface area contributed by atoms with Crippen LogP contribution in [0.2, 0.25) is 5.02 Å². The molecule has 4 nitrogen and oxygen atoms in total. The van der Waals surface area contributed by atoms with Gasteiger partial charge in [0.2, 0.25) is 0 Å². The van der Waals surface area contributed by atoms with Gasteiger partial charge in [-0.2, -0.15) is 0 Å². The Morgan fingerprint density at radius 1 is 1.50 bits per heavy atom. The van der Waals surface area contributed by atoms with Gasteiger partial charge in [0.25, 0.3) is 0 Å². The fraction of sp³-hybridized carbons (Fsp3) is 0.417. The van der Waals surface area contributed by atoms with Crippen LogP contribution in [-0.2, 0) is 11.3 Å². The zero-order chi connectivity index (χ0) is 13.9. The van der Waals surface area contributed by atoms with Gasteiger partial charge in [0, 0.05) is 3.57 Å². The molecular weight excluding hydrogens is 368 g/mol. The number of aliphatic hydroxyl groups is 1. The van der Waals surface area contributed by atoms with Crippen LogP contribution < -0.4 is 5.32 Å². The highest BCUT2D eigenvalue weighted by atomic mass is 127. The van der Waals surface area contributed by atoms with Gasteiger partial charge in [0.15, 0.2) is 0 Å². The molecule has 0 aliphatic heterocycles. The summed E-state index contributed by atoms with van der Waals surface area (Å²) in [6.45, 7) is 5.22. The summed E-state index contributed by atoms with van der Waals surface area (Å²) in [6, 6.07) is 3.31. The summed E-state index contributed by atoms with van der Waals surface area (Å²) in [5.41, 5.74) is 0.556. The molecule has 0 aliphatic rings. The van der Waals surface area contributed by atoms with Crippen LogP contribution in [0.15, 0.2) is 12.1 Å². The summed E-state index contributed by atoms with van der Waals surface area (Å²) >= 11 is 8.09.